The molecule has 116 valence electrons. The van der Waals surface area contributed by atoms with E-state index >= 15 is 0 Å². The van der Waals surface area contributed by atoms with Crippen LogP contribution >= 0.6 is 0 Å². The molecule has 3 heterocycles. The van der Waals surface area contributed by atoms with Gasteiger partial charge < -0.3 is 19.5 Å². The highest BCUT2D eigenvalue weighted by Crippen LogP contribution is 2.56. The molecule has 5 nitrogen and oxygen atoms in total. The lowest BCUT2D eigenvalue weighted by Gasteiger charge is -2.50. The zero-order valence-corrected chi connectivity index (χ0v) is 12.4. The van der Waals surface area contributed by atoms with Crippen LogP contribution in [0.1, 0.15) is 36.8 Å². The van der Waals surface area contributed by atoms with E-state index in [-0.39, 0.29) is 24.3 Å². The minimum atomic E-state index is -0.332. The quantitative estimate of drug-likeness (QED) is 0.790. The van der Waals surface area contributed by atoms with Gasteiger partial charge in [-0.3, -0.25) is 4.79 Å². The largest absolute Gasteiger partial charge is 0.454 e. The highest BCUT2D eigenvalue weighted by atomic mass is 16.7. The van der Waals surface area contributed by atoms with E-state index in [1.54, 1.807) is 0 Å². The Kier molecular flexibility index (Phi) is 2.41. The van der Waals surface area contributed by atoms with Gasteiger partial charge in [-0.2, -0.15) is 0 Å². The summed E-state index contributed by atoms with van der Waals surface area (Å²) in [5.41, 5.74) is 2.09. The minimum Gasteiger partial charge on any atom is -0.454 e. The van der Waals surface area contributed by atoms with Gasteiger partial charge in [0.15, 0.2) is 11.5 Å². The number of hydrogen-bond donors (Lipinski definition) is 1. The normalized spacial score (nSPS) is 35.1. The first-order valence-electron chi connectivity index (χ1n) is 8.10. The maximum Gasteiger partial charge on any atom is 0.231 e. The maximum atomic E-state index is 12.5. The van der Waals surface area contributed by atoms with Crippen LogP contribution in [0.15, 0.2) is 12.1 Å². The van der Waals surface area contributed by atoms with Gasteiger partial charge in [0.1, 0.15) is 0 Å². The third-order valence-electron chi connectivity index (χ3n) is 5.94. The number of carbonyl (C=O) groups excluding carboxylic acids is 1. The van der Waals surface area contributed by atoms with Crippen LogP contribution < -0.4 is 9.47 Å². The summed E-state index contributed by atoms with van der Waals surface area (Å²) in [5, 5.41) is 10.3. The molecule has 5 rings (SSSR count). The standard InChI is InChI=1S/C17H19NO4/c19-12-2-1-11-6-16(20)18-4-3-10-5-14-15(22-9-21-14)7-13(10)17(11,18)8-12/h5,7,11-12,19H,1-4,6,8-9H2/t11-,12-,17-/m0/s1. The highest BCUT2D eigenvalue weighted by molar-refractivity contribution is 5.82. The van der Waals surface area contributed by atoms with E-state index in [1.807, 2.05) is 4.90 Å². The van der Waals surface area contributed by atoms with Crippen molar-refractivity contribution in [1.29, 1.82) is 0 Å². The Labute approximate surface area is 128 Å². The monoisotopic (exact) mass is 301 g/mol. The molecule has 0 unspecified atom stereocenters. The molecular formula is C17H19NO4. The summed E-state index contributed by atoms with van der Waals surface area (Å²) in [5.74, 6) is 2.12. The molecule has 0 radical (unpaired) electrons. The number of hydrogen-bond acceptors (Lipinski definition) is 4. The fourth-order valence-electron chi connectivity index (χ4n) is 5.03. The van der Waals surface area contributed by atoms with Gasteiger partial charge in [0, 0.05) is 19.4 Å². The zero-order valence-electron chi connectivity index (χ0n) is 12.4. The molecule has 1 saturated heterocycles. The molecule has 1 aromatic rings. The van der Waals surface area contributed by atoms with E-state index in [4.69, 9.17) is 9.47 Å². The van der Waals surface area contributed by atoms with Gasteiger partial charge in [0.2, 0.25) is 12.7 Å². The van der Waals surface area contributed by atoms with Crippen LogP contribution in [0.4, 0.5) is 0 Å². The first-order valence-corrected chi connectivity index (χ1v) is 8.10. The Morgan fingerprint density at radius 1 is 1.23 bits per heavy atom. The van der Waals surface area contributed by atoms with Crippen molar-refractivity contribution in [3.05, 3.63) is 23.3 Å². The van der Waals surface area contributed by atoms with Crippen molar-refractivity contribution >= 4 is 5.91 Å². The molecule has 1 aromatic carbocycles. The van der Waals surface area contributed by atoms with E-state index in [0.29, 0.717) is 18.8 Å². The number of carbonyl (C=O) groups is 1. The van der Waals surface area contributed by atoms with Crippen molar-refractivity contribution in [1.82, 2.24) is 4.90 Å². The topological polar surface area (TPSA) is 59.0 Å². The maximum absolute atomic E-state index is 12.5. The van der Waals surface area contributed by atoms with Gasteiger partial charge in [-0.15, -0.1) is 0 Å². The molecule has 3 aliphatic heterocycles. The van der Waals surface area contributed by atoms with Crippen molar-refractivity contribution in [2.24, 2.45) is 5.92 Å². The number of amides is 1. The van der Waals surface area contributed by atoms with Gasteiger partial charge in [-0.05, 0) is 48.4 Å². The summed E-state index contributed by atoms with van der Waals surface area (Å²) in [6.07, 6.45) is 3.49. The van der Waals surface area contributed by atoms with Gasteiger partial charge >= 0.3 is 0 Å². The molecule has 0 bridgehead atoms. The summed E-state index contributed by atoms with van der Waals surface area (Å²) in [6.45, 7) is 1.01. The number of aliphatic hydroxyl groups excluding tert-OH is 1. The van der Waals surface area contributed by atoms with E-state index in [1.165, 1.54) is 11.1 Å². The number of fused-ring (bicyclic) bond motifs is 2. The van der Waals surface area contributed by atoms with Crippen LogP contribution in [0.25, 0.3) is 0 Å². The Hall–Kier alpha value is -1.75. The summed E-state index contributed by atoms with van der Waals surface area (Å²) in [6, 6.07) is 4.14. The van der Waals surface area contributed by atoms with Gasteiger partial charge in [0.05, 0.1) is 11.6 Å². The summed E-state index contributed by atoms with van der Waals surface area (Å²) in [7, 11) is 0. The van der Waals surface area contributed by atoms with E-state index in [0.717, 1.165) is 37.3 Å². The number of ether oxygens (including phenoxy) is 2. The Balaban J connectivity index is 1.73. The molecule has 1 spiro atoms. The van der Waals surface area contributed by atoms with Crippen LogP contribution in [0.2, 0.25) is 0 Å². The average Bonchev–Trinajstić information content (AvgIpc) is 3.06. The SMILES string of the molecule is O=C1C[C@@H]2CC[C@H](O)C[C@@]23c2cc4c(cc2CCN13)OCO4. The number of aliphatic hydroxyl groups is 1. The van der Waals surface area contributed by atoms with Crippen molar-refractivity contribution in [3.63, 3.8) is 0 Å². The molecule has 1 N–H and O–H groups in total. The summed E-state index contributed by atoms with van der Waals surface area (Å²) >= 11 is 0. The highest BCUT2D eigenvalue weighted by Gasteiger charge is 2.58. The smallest absolute Gasteiger partial charge is 0.231 e. The molecule has 3 atom stereocenters. The van der Waals surface area contributed by atoms with Gasteiger partial charge in [-0.1, -0.05) is 0 Å². The molecule has 4 aliphatic rings. The van der Waals surface area contributed by atoms with Gasteiger partial charge in [-0.25, -0.2) is 0 Å². The molecule has 1 saturated carbocycles. The van der Waals surface area contributed by atoms with Gasteiger partial charge in [0.25, 0.3) is 0 Å². The number of benzene rings is 1. The number of nitrogens with zero attached hydrogens (tertiary/aromatic N) is 1. The van der Waals surface area contributed by atoms with E-state index in [2.05, 4.69) is 12.1 Å². The van der Waals surface area contributed by atoms with Crippen LogP contribution in [-0.4, -0.2) is 35.4 Å². The fraction of sp³-hybridized carbons (Fsp3) is 0.588. The molecule has 1 aliphatic carbocycles. The lowest BCUT2D eigenvalue weighted by Crippen LogP contribution is -2.54. The van der Waals surface area contributed by atoms with Crippen molar-refractivity contribution in [3.8, 4) is 11.5 Å². The second kappa shape index (κ2) is 4.16. The van der Waals surface area contributed by atoms with E-state index < -0.39 is 0 Å². The van der Waals surface area contributed by atoms with Crippen LogP contribution in [-0.2, 0) is 16.8 Å². The first-order chi connectivity index (χ1) is 10.7. The number of rotatable bonds is 0. The van der Waals surface area contributed by atoms with Crippen molar-refractivity contribution in [2.75, 3.05) is 13.3 Å². The third-order valence-corrected chi connectivity index (χ3v) is 5.94. The lowest BCUT2D eigenvalue weighted by molar-refractivity contribution is -0.133. The Bertz CT molecular complexity index is 673. The average molecular weight is 301 g/mol. The van der Waals surface area contributed by atoms with Crippen molar-refractivity contribution in [2.45, 2.75) is 43.7 Å². The predicted molar refractivity (Wildman–Crippen MR) is 77.6 cm³/mol. The molecule has 2 fully saturated rings. The fourth-order valence-corrected chi connectivity index (χ4v) is 5.03. The summed E-state index contributed by atoms with van der Waals surface area (Å²) < 4.78 is 11.1. The summed E-state index contributed by atoms with van der Waals surface area (Å²) in [4.78, 5) is 14.5. The van der Waals surface area contributed by atoms with Crippen LogP contribution in [0.3, 0.4) is 0 Å². The molecular weight excluding hydrogens is 282 g/mol. The molecule has 1 amide bonds. The van der Waals surface area contributed by atoms with Crippen molar-refractivity contribution < 1.29 is 19.4 Å². The lowest BCUT2D eigenvalue weighted by atomic mass is 9.66. The second-order valence-corrected chi connectivity index (χ2v) is 6.92. The second-order valence-electron chi connectivity index (χ2n) is 6.92. The zero-order chi connectivity index (χ0) is 14.9. The Morgan fingerprint density at radius 2 is 2.05 bits per heavy atom. The minimum absolute atomic E-state index is 0.238. The van der Waals surface area contributed by atoms with Crippen LogP contribution in [0, 0.1) is 5.92 Å². The van der Waals surface area contributed by atoms with E-state index in [9.17, 15) is 9.90 Å². The first kappa shape index (κ1) is 12.8. The molecule has 22 heavy (non-hydrogen) atoms. The molecule has 0 aromatic heterocycles. The molecule has 5 heteroatoms. The van der Waals surface area contributed by atoms with Crippen LogP contribution in [0.5, 0.6) is 11.5 Å². The Morgan fingerprint density at radius 3 is 2.91 bits per heavy atom. The predicted octanol–water partition coefficient (Wildman–Crippen LogP) is 1.56. The third kappa shape index (κ3) is 1.45.